The largest absolute Gasteiger partial charge is 0.463 e. The number of epoxide rings is 1. The second-order valence-corrected chi connectivity index (χ2v) is 5.33. The molecule has 1 aliphatic heterocycles. The number of unbranched alkanes of at least 4 members (excludes halogenated alkanes) is 3. The Balaban J connectivity index is 1.74. The monoisotopic (exact) mass is 240 g/mol. The summed E-state index contributed by atoms with van der Waals surface area (Å²) in [6.07, 6.45) is 8.46. The van der Waals surface area contributed by atoms with Gasteiger partial charge in [-0.2, -0.15) is 0 Å². The van der Waals surface area contributed by atoms with Crippen molar-refractivity contribution < 1.29 is 14.3 Å². The van der Waals surface area contributed by atoms with Gasteiger partial charge in [-0.15, -0.1) is 0 Å². The van der Waals surface area contributed by atoms with Crippen molar-refractivity contribution in [3.05, 3.63) is 0 Å². The molecule has 1 saturated heterocycles. The van der Waals surface area contributed by atoms with Gasteiger partial charge in [0, 0.05) is 0 Å². The number of hydrogen-bond acceptors (Lipinski definition) is 3. The lowest BCUT2D eigenvalue weighted by Gasteiger charge is -2.10. The van der Waals surface area contributed by atoms with Crippen LogP contribution in [0, 0.1) is 0 Å². The molecule has 1 saturated carbocycles. The quantitative estimate of drug-likeness (QED) is 0.389. The standard InChI is InChI=1S/C14H24O3/c1-3-5-6-7-11-16-12(15)14-10-8-9-13(14,4-2)17-14/h3-11H2,1-2H3. The first-order chi connectivity index (χ1) is 8.21. The Morgan fingerprint density at radius 3 is 2.71 bits per heavy atom. The summed E-state index contributed by atoms with van der Waals surface area (Å²) in [6.45, 7) is 4.84. The van der Waals surface area contributed by atoms with Crippen LogP contribution in [0.15, 0.2) is 0 Å². The second-order valence-electron chi connectivity index (χ2n) is 5.33. The highest BCUT2D eigenvalue weighted by Crippen LogP contribution is 2.62. The lowest BCUT2D eigenvalue weighted by molar-refractivity contribution is -0.150. The highest BCUT2D eigenvalue weighted by molar-refractivity contribution is 5.85. The maximum absolute atomic E-state index is 12.1. The van der Waals surface area contributed by atoms with Crippen LogP contribution in [-0.4, -0.2) is 23.8 Å². The Bertz CT molecular complexity index is 289. The molecule has 0 spiro atoms. The minimum absolute atomic E-state index is 0.103. The highest BCUT2D eigenvalue weighted by atomic mass is 16.7. The topological polar surface area (TPSA) is 38.8 Å². The molecule has 0 aromatic rings. The molecule has 2 unspecified atom stereocenters. The van der Waals surface area contributed by atoms with E-state index >= 15 is 0 Å². The zero-order valence-electron chi connectivity index (χ0n) is 11.1. The normalized spacial score (nSPS) is 34.5. The summed E-state index contributed by atoms with van der Waals surface area (Å²) in [5.74, 6) is -0.103. The Hall–Kier alpha value is -0.570. The van der Waals surface area contributed by atoms with Gasteiger partial charge in [0.2, 0.25) is 0 Å². The number of esters is 1. The van der Waals surface area contributed by atoms with Crippen molar-refractivity contribution >= 4 is 5.97 Å². The van der Waals surface area contributed by atoms with Gasteiger partial charge in [0.25, 0.3) is 0 Å². The molecule has 2 fully saturated rings. The van der Waals surface area contributed by atoms with Crippen LogP contribution < -0.4 is 0 Å². The maximum Gasteiger partial charge on any atom is 0.341 e. The zero-order valence-corrected chi connectivity index (χ0v) is 11.1. The Kier molecular flexibility index (Phi) is 3.76. The third-order valence-corrected chi connectivity index (χ3v) is 4.31. The van der Waals surface area contributed by atoms with Gasteiger partial charge in [0.15, 0.2) is 5.60 Å². The lowest BCUT2D eigenvalue weighted by atomic mass is 9.94. The number of carbonyl (C=O) groups excluding carboxylic acids is 1. The Morgan fingerprint density at radius 1 is 1.24 bits per heavy atom. The van der Waals surface area contributed by atoms with Crippen LogP contribution in [0.2, 0.25) is 0 Å². The van der Waals surface area contributed by atoms with E-state index in [1.54, 1.807) is 0 Å². The van der Waals surface area contributed by atoms with Gasteiger partial charge >= 0.3 is 5.97 Å². The fourth-order valence-corrected chi connectivity index (χ4v) is 3.14. The van der Waals surface area contributed by atoms with Crippen LogP contribution >= 0.6 is 0 Å². The van der Waals surface area contributed by atoms with Gasteiger partial charge in [0.05, 0.1) is 6.61 Å². The Morgan fingerprint density at radius 2 is 2.06 bits per heavy atom. The van der Waals surface area contributed by atoms with E-state index < -0.39 is 5.60 Å². The molecule has 3 nitrogen and oxygen atoms in total. The molecule has 0 bridgehead atoms. The third kappa shape index (κ3) is 2.10. The van der Waals surface area contributed by atoms with Gasteiger partial charge in [-0.1, -0.05) is 33.1 Å². The number of rotatable bonds is 7. The summed E-state index contributed by atoms with van der Waals surface area (Å²) < 4.78 is 11.1. The summed E-state index contributed by atoms with van der Waals surface area (Å²) in [5.41, 5.74) is -0.708. The predicted molar refractivity (Wildman–Crippen MR) is 65.8 cm³/mol. The fraction of sp³-hybridized carbons (Fsp3) is 0.929. The molecule has 0 aromatic heterocycles. The van der Waals surface area contributed by atoms with E-state index in [4.69, 9.17) is 9.47 Å². The van der Waals surface area contributed by atoms with Crippen LogP contribution in [0.25, 0.3) is 0 Å². The maximum atomic E-state index is 12.1. The molecule has 2 aliphatic rings. The summed E-state index contributed by atoms with van der Waals surface area (Å²) in [7, 11) is 0. The third-order valence-electron chi connectivity index (χ3n) is 4.31. The molecule has 98 valence electrons. The minimum atomic E-state index is -0.549. The predicted octanol–water partition coefficient (Wildman–Crippen LogP) is 3.21. The summed E-state index contributed by atoms with van der Waals surface area (Å²) in [6, 6.07) is 0. The van der Waals surface area contributed by atoms with E-state index in [2.05, 4.69) is 13.8 Å². The molecular weight excluding hydrogens is 216 g/mol. The van der Waals surface area contributed by atoms with Gasteiger partial charge in [0.1, 0.15) is 5.60 Å². The highest BCUT2D eigenvalue weighted by Gasteiger charge is 2.76. The average Bonchev–Trinajstić information content (AvgIpc) is 2.87. The van der Waals surface area contributed by atoms with Crippen LogP contribution in [0.3, 0.4) is 0 Å². The molecular formula is C14H24O3. The van der Waals surface area contributed by atoms with Crippen molar-refractivity contribution in [2.24, 2.45) is 0 Å². The van der Waals surface area contributed by atoms with E-state index in [1.165, 1.54) is 12.8 Å². The number of ether oxygens (including phenoxy) is 2. The molecule has 2 rings (SSSR count). The molecule has 3 heteroatoms. The van der Waals surface area contributed by atoms with Crippen LogP contribution in [0.5, 0.6) is 0 Å². The van der Waals surface area contributed by atoms with Crippen molar-refractivity contribution in [2.75, 3.05) is 6.61 Å². The van der Waals surface area contributed by atoms with E-state index in [1.807, 2.05) is 0 Å². The van der Waals surface area contributed by atoms with Gasteiger partial charge in [-0.25, -0.2) is 4.79 Å². The molecule has 2 atom stereocenters. The molecule has 0 amide bonds. The minimum Gasteiger partial charge on any atom is -0.463 e. The summed E-state index contributed by atoms with van der Waals surface area (Å²) in [5, 5.41) is 0. The summed E-state index contributed by atoms with van der Waals surface area (Å²) in [4.78, 5) is 12.1. The number of fused-ring (bicyclic) bond motifs is 1. The lowest BCUT2D eigenvalue weighted by Crippen LogP contribution is -2.31. The van der Waals surface area contributed by atoms with E-state index in [0.717, 1.165) is 38.5 Å². The molecule has 0 N–H and O–H groups in total. The number of hydrogen-bond donors (Lipinski definition) is 0. The first kappa shape index (κ1) is 12.9. The first-order valence-electron chi connectivity index (χ1n) is 7.08. The van der Waals surface area contributed by atoms with Crippen molar-refractivity contribution in [3.8, 4) is 0 Å². The van der Waals surface area contributed by atoms with E-state index in [0.29, 0.717) is 6.61 Å². The Labute approximate surface area is 104 Å². The molecule has 17 heavy (non-hydrogen) atoms. The van der Waals surface area contributed by atoms with Gasteiger partial charge in [-0.3, -0.25) is 0 Å². The number of carbonyl (C=O) groups is 1. The molecule has 0 aromatic carbocycles. The average molecular weight is 240 g/mol. The van der Waals surface area contributed by atoms with Crippen molar-refractivity contribution in [1.29, 1.82) is 0 Å². The van der Waals surface area contributed by atoms with Gasteiger partial charge in [-0.05, 0) is 32.1 Å². The van der Waals surface area contributed by atoms with E-state index in [9.17, 15) is 4.79 Å². The van der Waals surface area contributed by atoms with Crippen LogP contribution in [0.4, 0.5) is 0 Å². The van der Waals surface area contributed by atoms with Crippen molar-refractivity contribution in [1.82, 2.24) is 0 Å². The van der Waals surface area contributed by atoms with Gasteiger partial charge < -0.3 is 9.47 Å². The van der Waals surface area contributed by atoms with E-state index in [-0.39, 0.29) is 11.6 Å². The summed E-state index contributed by atoms with van der Waals surface area (Å²) >= 11 is 0. The van der Waals surface area contributed by atoms with Crippen LogP contribution in [0.1, 0.15) is 65.2 Å². The molecule has 1 aliphatic carbocycles. The van der Waals surface area contributed by atoms with Crippen molar-refractivity contribution in [3.63, 3.8) is 0 Å². The molecule has 1 heterocycles. The fourth-order valence-electron chi connectivity index (χ4n) is 3.14. The van der Waals surface area contributed by atoms with Crippen molar-refractivity contribution in [2.45, 2.75) is 76.4 Å². The smallest absolute Gasteiger partial charge is 0.341 e. The zero-order chi connectivity index (χ0) is 12.4. The second kappa shape index (κ2) is 4.97. The van der Waals surface area contributed by atoms with Crippen LogP contribution in [-0.2, 0) is 14.3 Å². The first-order valence-corrected chi connectivity index (χ1v) is 7.08. The molecule has 0 radical (unpaired) electrons. The SMILES string of the molecule is CCCCCCOC(=O)C12CCCC1(CC)O2.